The summed E-state index contributed by atoms with van der Waals surface area (Å²) in [4.78, 5) is 16.7. The molecule has 2 aromatic rings. The second kappa shape index (κ2) is 6.48. The van der Waals surface area contributed by atoms with Gasteiger partial charge in [-0.15, -0.1) is 0 Å². The molecule has 2 heterocycles. The Bertz CT molecular complexity index is 803. The minimum Gasteiger partial charge on any atom is -0.506 e. The Morgan fingerprint density at radius 3 is 2.64 bits per heavy atom. The predicted octanol–water partition coefficient (Wildman–Crippen LogP) is 2.70. The normalized spacial score (nSPS) is 19.5. The van der Waals surface area contributed by atoms with E-state index in [1.54, 1.807) is 18.2 Å². The van der Waals surface area contributed by atoms with Crippen molar-refractivity contribution in [1.82, 2.24) is 4.90 Å². The van der Waals surface area contributed by atoms with Gasteiger partial charge in [0.25, 0.3) is 5.91 Å². The zero-order valence-electron chi connectivity index (χ0n) is 13.7. The molecule has 1 N–H and O–H groups in total. The Hall–Kier alpha value is -2.40. The quantitative estimate of drug-likeness (QED) is 0.896. The van der Waals surface area contributed by atoms with Crippen molar-refractivity contribution in [3.63, 3.8) is 0 Å². The zero-order valence-corrected chi connectivity index (χ0v) is 14.4. The number of phenolic OH excluding ortho intramolecular Hbond substituents is 1. The van der Waals surface area contributed by atoms with Gasteiger partial charge in [-0.1, -0.05) is 23.7 Å². The van der Waals surface area contributed by atoms with E-state index in [9.17, 15) is 9.90 Å². The molecule has 1 atom stereocenters. The van der Waals surface area contributed by atoms with Gasteiger partial charge in [0.2, 0.25) is 0 Å². The summed E-state index contributed by atoms with van der Waals surface area (Å²) in [6, 6.07) is 12.7. The zero-order chi connectivity index (χ0) is 17.4. The molecule has 2 aromatic carbocycles. The third-order valence-corrected chi connectivity index (χ3v) is 5.02. The first-order valence-corrected chi connectivity index (χ1v) is 8.76. The molecule has 2 aliphatic rings. The molecule has 0 spiro atoms. The van der Waals surface area contributed by atoms with E-state index in [2.05, 4.69) is 4.90 Å². The van der Waals surface area contributed by atoms with E-state index in [0.29, 0.717) is 37.6 Å². The van der Waals surface area contributed by atoms with Crippen LogP contribution in [0.2, 0.25) is 5.02 Å². The van der Waals surface area contributed by atoms with E-state index in [4.69, 9.17) is 16.3 Å². The molecule has 4 rings (SSSR count). The lowest BCUT2D eigenvalue weighted by Gasteiger charge is -2.37. The average Bonchev–Trinajstić information content (AvgIpc) is 3.05. The van der Waals surface area contributed by atoms with Crippen LogP contribution in [-0.2, 0) is 11.2 Å². The fourth-order valence-corrected chi connectivity index (χ4v) is 3.65. The van der Waals surface area contributed by atoms with Gasteiger partial charge in [0.15, 0.2) is 6.10 Å². The molecule has 0 saturated carbocycles. The van der Waals surface area contributed by atoms with Gasteiger partial charge in [-0.3, -0.25) is 4.79 Å². The molecule has 1 amide bonds. The van der Waals surface area contributed by atoms with Crippen molar-refractivity contribution >= 4 is 23.2 Å². The topological polar surface area (TPSA) is 53.0 Å². The minimum absolute atomic E-state index is 0.0178. The lowest BCUT2D eigenvalue weighted by molar-refractivity contribution is -0.138. The summed E-state index contributed by atoms with van der Waals surface area (Å²) in [6.07, 6.45) is 0.0964. The number of halogens is 1. The maximum atomic E-state index is 12.8. The molecule has 1 saturated heterocycles. The Morgan fingerprint density at radius 1 is 1.12 bits per heavy atom. The van der Waals surface area contributed by atoms with E-state index < -0.39 is 6.10 Å². The van der Waals surface area contributed by atoms with Crippen LogP contribution in [0.5, 0.6) is 11.5 Å². The second-order valence-corrected chi connectivity index (χ2v) is 6.80. The largest absolute Gasteiger partial charge is 0.506 e. The number of para-hydroxylation sites is 2. The van der Waals surface area contributed by atoms with Gasteiger partial charge < -0.3 is 19.6 Å². The molecule has 0 aromatic heterocycles. The summed E-state index contributed by atoms with van der Waals surface area (Å²) >= 11 is 6.01. The van der Waals surface area contributed by atoms with E-state index in [-0.39, 0.29) is 11.7 Å². The predicted molar refractivity (Wildman–Crippen MR) is 96.5 cm³/mol. The Kier molecular flexibility index (Phi) is 4.17. The first-order chi connectivity index (χ1) is 12.1. The van der Waals surface area contributed by atoms with Crippen molar-refractivity contribution < 1.29 is 14.6 Å². The molecular weight excluding hydrogens is 340 g/mol. The number of hydrogen-bond donors (Lipinski definition) is 1. The number of hydrogen-bond acceptors (Lipinski definition) is 4. The molecule has 0 bridgehead atoms. The second-order valence-electron chi connectivity index (χ2n) is 6.36. The number of nitrogens with zero attached hydrogens (tertiary/aromatic N) is 2. The first kappa shape index (κ1) is 16.1. The monoisotopic (exact) mass is 358 g/mol. The molecule has 0 radical (unpaired) electrons. The van der Waals surface area contributed by atoms with E-state index in [0.717, 1.165) is 17.0 Å². The summed E-state index contributed by atoms with van der Waals surface area (Å²) in [7, 11) is 0. The molecule has 0 aliphatic carbocycles. The number of rotatable bonds is 2. The number of fused-ring (bicyclic) bond motifs is 1. The van der Waals surface area contributed by atoms with Crippen LogP contribution in [0.3, 0.4) is 0 Å². The summed E-state index contributed by atoms with van der Waals surface area (Å²) < 4.78 is 5.80. The summed E-state index contributed by atoms with van der Waals surface area (Å²) in [5.74, 6) is 1.04. The van der Waals surface area contributed by atoms with Gasteiger partial charge in [0.1, 0.15) is 11.5 Å². The lowest BCUT2D eigenvalue weighted by Crippen LogP contribution is -2.52. The Morgan fingerprint density at radius 2 is 1.88 bits per heavy atom. The van der Waals surface area contributed by atoms with Crippen LogP contribution in [-0.4, -0.2) is 48.2 Å². The summed E-state index contributed by atoms with van der Waals surface area (Å²) in [6.45, 7) is 2.61. The van der Waals surface area contributed by atoms with Crippen molar-refractivity contribution in [1.29, 1.82) is 0 Å². The van der Waals surface area contributed by atoms with Crippen molar-refractivity contribution in [2.24, 2.45) is 0 Å². The number of amides is 1. The molecule has 2 aliphatic heterocycles. The third-order valence-electron chi connectivity index (χ3n) is 4.79. The van der Waals surface area contributed by atoms with Crippen LogP contribution >= 0.6 is 11.6 Å². The first-order valence-electron chi connectivity index (χ1n) is 8.38. The van der Waals surface area contributed by atoms with Gasteiger partial charge in [-0.25, -0.2) is 0 Å². The van der Waals surface area contributed by atoms with Crippen LogP contribution in [0.25, 0.3) is 0 Å². The maximum absolute atomic E-state index is 12.8. The number of phenols is 1. The van der Waals surface area contributed by atoms with E-state index in [1.807, 2.05) is 29.2 Å². The Labute approximate surface area is 151 Å². The highest BCUT2D eigenvalue weighted by Crippen LogP contribution is 2.32. The number of benzene rings is 2. The van der Waals surface area contributed by atoms with Gasteiger partial charge in [0, 0.05) is 37.6 Å². The minimum atomic E-state index is -0.467. The molecule has 1 fully saturated rings. The van der Waals surface area contributed by atoms with E-state index >= 15 is 0 Å². The Balaban J connectivity index is 1.38. The van der Waals surface area contributed by atoms with Crippen molar-refractivity contribution in [2.45, 2.75) is 12.5 Å². The number of ether oxygens (including phenoxy) is 1. The van der Waals surface area contributed by atoms with Crippen LogP contribution in [0, 0.1) is 0 Å². The molecule has 0 unspecified atom stereocenters. The highest BCUT2D eigenvalue weighted by atomic mass is 35.5. The average molecular weight is 359 g/mol. The number of carbonyl (C=O) groups excluding carboxylic acids is 1. The molecule has 6 heteroatoms. The van der Waals surface area contributed by atoms with Gasteiger partial charge in [-0.05, 0) is 35.9 Å². The summed E-state index contributed by atoms with van der Waals surface area (Å²) in [5.41, 5.74) is 1.80. The number of aromatic hydroxyl groups is 1. The van der Waals surface area contributed by atoms with Crippen molar-refractivity contribution in [3.05, 3.63) is 53.1 Å². The third kappa shape index (κ3) is 3.12. The number of anilines is 1. The van der Waals surface area contributed by atoms with Crippen molar-refractivity contribution in [3.8, 4) is 11.5 Å². The number of carbonyl (C=O) groups is 1. The lowest BCUT2D eigenvalue weighted by atomic mass is 10.1. The fraction of sp³-hybridized carbons (Fsp3) is 0.316. The van der Waals surface area contributed by atoms with Crippen LogP contribution in [0.15, 0.2) is 42.5 Å². The molecular formula is C19H19ClN2O3. The molecule has 130 valence electrons. The number of piperazine rings is 1. The smallest absolute Gasteiger partial charge is 0.264 e. The van der Waals surface area contributed by atoms with Crippen LogP contribution < -0.4 is 9.64 Å². The van der Waals surface area contributed by atoms with Gasteiger partial charge in [-0.2, -0.15) is 0 Å². The van der Waals surface area contributed by atoms with Crippen LogP contribution in [0.4, 0.5) is 5.69 Å². The van der Waals surface area contributed by atoms with Crippen LogP contribution in [0.1, 0.15) is 5.56 Å². The maximum Gasteiger partial charge on any atom is 0.264 e. The highest BCUT2D eigenvalue weighted by molar-refractivity contribution is 6.30. The molecule has 25 heavy (non-hydrogen) atoms. The SMILES string of the molecule is O=C([C@H]1Cc2cc(Cl)ccc2O1)N1CCN(c2ccccc2O)CC1. The van der Waals surface area contributed by atoms with Gasteiger partial charge in [0.05, 0.1) is 5.69 Å². The molecule has 5 nitrogen and oxygen atoms in total. The fourth-order valence-electron chi connectivity index (χ4n) is 3.46. The summed E-state index contributed by atoms with van der Waals surface area (Å²) in [5, 5.41) is 10.6. The van der Waals surface area contributed by atoms with Gasteiger partial charge >= 0.3 is 0 Å². The van der Waals surface area contributed by atoms with E-state index in [1.165, 1.54) is 0 Å². The van der Waals surface area contributed by atoms with Crippen molar-refractivity contribution in [2.75, 3.05) is 31.1 Å². The highest BCUT2D eigenvalue weighted by Gasteiger charge is 2.34. The standard InChI is InChI=1S/C19H19ClN2O3/c20-14-5-6-17-13(11-14)12-18(25-17)19(24)22-9-7-21(8-10-22)15-3-1-2-4-16(15)23/h1-6,11,18,23H,7-10,12H2/t18-/m1/s1.